The van der Waals surface area contributed by atoms with Gasteiger partial charge in [-0.25, -0.2) is 4.79 Å². The molecule has 32 heavy (non-hydrogen) atoms. The van der Waals surface area contributed by atoms with Gasteiger partial charge >= 0.3 is 5.63 Å². The van der Waals surface area contributed by atoms with E-state index in [1.807, 2.05) is 24.3 Å². The van der Waals surface area contributed by atoms with Crippen molar-refractivity contribution in [1.29, 1.82) is 0 Å². The summed E-state index contributed by atoms with van der Waals surface area (Å²) in [5.74, 6) is -0.529. The van der Waals surface area contributed by atoms with Crippen molar-refractivity contribution in [2.24, 2.45) is 0 Å². The maximum atomic E-state index is 12.6. The minimum absolute atomic E-state index is 0.0131. The Morgan fingerprint density at radius 3 is 2.50 bits per heavy atom. The van der Waals surface area contributed by atoms with Crippen molar-refractivity contribution in [3.05, 3.63) is 99.4 Å². The number of hydrogen-bond acceptors (Lipinski definition) is 6. The summed E-state index contributed by atoms with van der Waals surface area (Å²) in [5, 5.41) is 20.0. The number of carbonyl (C=O) groups excluding carboxylic acids is 1. The molecule has 156 valence electrons. The smallest absolute Gasteiger partial charge is 0.347 e. The highest BCUT2D eigenvalue weighted by Gasteiger charge is 2.13. The molecule has 0 saturated carbocycles. The summed E-state index contributed by atoms with van der Waals surface area (Å²) in [7, 11) is 0. The fourth-order valence-corrected chi connectivity index (χ4v) is 3.48. The number of carbonyl (C=O) groups is 1. The van der Waals surface area contributed by atoms with Crippen molar-refractivity contribution < 1.29 is 14.3 Å². The third-order valence-corrected chi connectivity index (χ3v) is 5.12. The summed E-state index contributed by atoms with van der Waals surface area (Å²) >= 11 is 5.98. The Morgan fingerprint density at radius 2 is 1.75 bits per heavy atom. The molecule has 0 unspecified atom stereocenters. The number of phenols is 1. The minimum Gasteiger partial charge on any atom is -0.506 e. The molecular weight excluding hydrogens is 430 g/mol. The van der Waals surface area contributed by atoms with Crippen LogP contribution in [0.15, 0.2) is 82.0 Å². The number of rotatable bonds is 4. The van der Waals surface area contributed by atoms with Gasteiger partial charge in [0.25, 0.3) is 0 Å². The maximum Gasteiger partial charge on any atom is 0.347 e. The first-order chi connectivity index (χ1) is 15.5. The molecule has 1 N–H and O–H groups in total. The molecule has 0 fully saturated rings. The van der Waals surface area contributed by atoms with Crippen molar-refractivity contribution in [3.8, 4) is 11.4 Å². The summed E-state index contributed by atoms with van der Waals surface area (Å²) < 4.78 is 5.22. The molecule has 0 aliphatic carbocycles. The Kier molecular flexibility index (Phi) is 4.80. The molecule has 0 radical (unpaired) electrons. The van der Waals surface area contributed by atoms with E-state index in [0.717, 1.165) is 0 Å². The molecule has 0 saturated heterocycles. The first kappa shape index (κ1) is 19.7. The molecule has 0 bridgehead atoms. The van der Waals surface area contributed by atoms with E-state index in [4.69, 9.17) is 16.0 Å². The molecule has 5 aromatic rings. The summed E-state index contributed by atoms with van der Waals surface area (Å²) in [6.45, 7) is 0. The predicted octanol–water partition coefficient (Wildman–Crippen LogP) is 4.78. The van der Waals surface area contributed by atoms with Crippen molar-refractivity contribution in [3.63, 3.8) is 0 Å². The van der Waals surface area contributed by atoms with Crippen LogP contribution in [0.1, 0.15) is 15.9 Å². The largest absolute Gasteiger partial charge is 0.506 e. The number of allylic oxidation sites excluding steroid dienone is 1. The van der Waals surface area contributed by atoms with Crippen LogP contribution in [0, 0.1) is 0 Å². The van der Waals surface area contributed by atoms with Gasteiger partial charge in [0, 0.05) is 10.4 Å². The Balaban J connectivity index is 1.47. The Hall–Kier alpha value is -4.23. The van der Waals surface area contributed by atoms with Crippen LogP contribution in [0.5, 0.6) is 5.75 Å². The lowest BCUT2D eigenvalue weighted by atomic mass is 10.1. The van der Waals surface area contributed by atoms with Crippen LogP contribution in [0.3, 0.4) is 0 Å². The van der Waals surface area contributed by atoms with Crippen molar-refractivity contribution in [2.75, 3.05) is 0 Å². The second-order valence-corrected chi connectivity index (χ2v) is 7.49. The molecule has 0 aliphatic heterocycles. The number of aromatic hydroxyl groups is 1. The molecule has 0 amide bonds. The third kappa shape index (κ3) is 3.66. The normalized spacial score (nSPS) is 11.5. The number of nitrogens with zero attached hydrogens (tertiary/aromatic N) is 3. The van der Waals surface area contributed by atoms with Crippen LogP contribution < -0.4 is 5.63 Å². The molecule has 2 heterocycles. The van der Waals surface area contributed by atoms with Crippen molar-refractivity contribution >= 4 is 45.5 Å². The van der Waals surface area contributed by atoms with E-state index in [0.29, 0.717) is 38.3 Å². The highest BCUT2D eigenvalue weighted by molar-refractivity contribution is 6.31. The molecule has 3 aromatic carbocycles. The zero-order valence-electron chi connectivity index (χ0n) is 16.4. The summed E-state index contributed by atoms with van der Waals surface area (Å²) in [5.41, 5.74) is 1.86. The first-order valence-corrected chi connectivity index (χ1v) is 9.97. The van der Waals surface area contributed by atoms with Gasteiger partial charge in [-0.1, -0.05) is 35.9 Å². The molecule has 7 nitrogen and oxygen atoms in total. The predicted molar refractivity (Wildman–Crippen MR) is 121 cm³/mol. The highest BCUT2D eigenvalue weighted by Crippen LogP contribution is 2.24. The number of ketones is 1. The van der Waals surface area contributed by atoms with Crippen molar-refractivity contribution in [2.45, 2.75) is 0 Å². The summed E-state index contributed by atoms with van der Waals surface area (Å²) in [6, 6.07) is 18.4. The topological polar surface area (TPSA) is 98.2 Å². The Labute approximate surface area is 185 Å². The Morgan fingerprint density at radius 1 is 1.00 bits per heavy atom. The van der Waals surface area contributed by atoms with Gasteiger partial charge in [0.05, 0.1) is 0 Å². The van der Waals surface area contributed by atoms with Gasteiger partial charge in [0.15, 0.2) is 5.78 Å². The number of halogens is 1. The van der Waals surface area contributed by atoms with E-state index in [1.54, 1.807) is 30.3 Å². The van der Waals surface area contributed by atoms with Crippen LogP contribution in [0.25, 0.3) is 33.8 Å². The lowest BCUT2D eigenvalue weighted by Gasteiger charge is -2.04. The Bertz CT molecular complexity index is 1570. The van der Waals surface area contributed by atoms with Crippen LogP contribution in [0.2, 0.25) is 5.02 Å². The van der Waals surface area contributed by atoms with Gasteiger partial charge in [-0.3, -0.25) is 4.79 Å². The lowest BCUT2D eigenvalue weighted by molar-refractivity contribution is 0.104. The molecular formula is C24H14ClN3O4. The third-order valence-electron chi connectivity index (χ3n) is 4.89. The minimum atomic E-state index is -0.728. The van der Waals surface area contributed by atoms with Crippen molar-refractivity contribution in [1.82, 2.24) is 15.0 Å². The lowest BCUT2D eigenvalue weighted by Crippen LogP contribution is -2.11. The number of phenolic OH excluding ortho intramolecular Hbond substituents is 1. The monoisotopic (exact) mass is 443 g/mol. The fraction of sp³-hybridized carbons (Fsp3) is 0. The second kappa shape index (κ2) is 7.79. The molecule has 5 rings (SSSR count). The van der Waals surface area contributed by atoms with Gasteiger partial charge < -0.3 is 9.52 Å². The molecule has 0 atom stereocenters. The van der Waals surface area contributed by atoms with Gasteiger partial charge in [-0.15, -0.1) is 15.0 Å². The van der Waals surface area contributed by atoms with Gasteiger partial charge in [-0.2, -0.15) is 0 Å². The number of hydrogen-bond donors (Lipinski definition) is 1. The first-order valence-electron chi connectivity index (χ1n) is 9.59. The van der Waals surface area contributed by atoms with Crippen LogP contribution in [-0.2, 0) is 0 Å². The zero-order valence-corrected chi connectivity index (χ0v) is 17.2. The molecule has 8 heteroatoms. The number of fused-ring (bicyclic) bond motifs is 2. The van der Waals surface area contributed by atoms with Gasteiger partial charge in [0.2, 0.25) is 0 Å². The van der Waals surface area contributed by atoms with Gasteiger partial charge in [0.1, 0.15) is 33.6 Å². The van der Waals surface area contributed by atoms with E-state index in [9.17, 15) is 14.7 Å². The highest BCUT2D eigenvalue weighted by atomic mass is 35.5. The standard InChI is InChI=1S/C24H14ClN3O4/c25-16-7-10-23-15(12-16)13-17(24(31)32-23)21(29)8-5-14-6-9-22(30)20(11-14)28-26-18-3-1-2-4-19(18)27-28/h1-13,30H/b8-5+. The molecule has 0 spiro atoms. The number of benzene rings is 3. The maximum absolute atomic E-state index is 12.6. The van der Waals surface area contributed by atoms with E-state index in [1.165, 1.54) is 29.1 Å². The number of aromatic nitrogens is 3. The molecule has 2 aromatic heterocycles. The average molecular weight is 444 g/mol. The molecule has 0 aliphatic rings. The fourth-order valence-electron chi connectivity index (χ4n) is 3.30. The SMILES string of the molecule is O=C(/C=C/c1ccc(O)c(-n2nc3ccccc3n2)c1)c1cc2cc(Cl)ccc2oc1=O. The quantitative estimate of drug-likeness (QED) is 0.244. The van der Waals surface area contributed by atoms with Crippen LogP contribution in [0.4, 0.5) is 0 Å². The van der Waals surface area contributed by atoms with Crippen LogP contribution >= 0.6 is 11.6 Å². The van der Waals surface area contributed by atoms with E-state index in [-0.39, 0.29) is 11.3 Å². The zero-order chi connectivity index (χ0) is 22.2. The van der Waals surface area contributed by atoms with Crippen LogP contribution in [-0.4, -0.2) is 25.9 Å². The average Bonchev–Trinajstić information content (AvgIpc) is 3.22. The summed E-state index contributed by atoms with van der Waals surface area (Å²) in [6.07, 6.45) is 2.81. The van der Waals surface area contributed by atoms with E-state index in [2.05, 4.69) is 10.2 Å². The van der Waals surface area contributed by atoms with Gasteiger partial charge in [-0.05, 0) is 60.2 Å². The van der Waals surface area contributed by atoms with E-state index < -0.39 is 11.4 Å². The summed E-state index contributed by atoms with van der Waals surface area (Å²) in [4.78, 5) is 26.2. The second-order valence-electron chi connectivity index (χ2n) is 7.05. The van der Waals surface area contributed by atoms with E-state index >= 15 is 0 Å².